The SMILES string of the molecule is CCc1nn(C)c2c1nc(N)n2Cc1ccco1. The van der Waals surface area contributed by atoms with E-state index in [-0.39, 0.29) is 0 Å². The molecular formula is C12H15N5O. The Morgan fingerprint density at radius 1 is 1.44 bits per heavy atom. The molecule has 3 aromatic heterocycles. The molecule has 0 radical (unpaired) electrons. The fourth-order valence-electron chi connectivity index (χ4n) is 2.21. The van der Waals surface area contributed by atoms with Crippen molar-refractivity contribution in [2.75, 3.05) is 5.73 Å². The van der Waals surface area contributed by atoms with Gasteiger partial charge in [-0.25, -0.2) is 4.98 Å². The highest BCUT2D eigenvalue weighted by atomic mass is 16.3. The van der Waals surface area contributed by atoms with Crippen LogP contribution in [0.15, 0.2) is 22.8 Å². The minimum atomic E-state index is 0.490. The highest BCUT2D eigenvalue weighted by molar-refractivity contribution is 5.77. The van der Waals surface area contributed by atoms with Gasteiger partial charge in [0.1, 0.15) is 11.3 Å². The van der Waals surface area contributed by atoms with Crippen LogP contribution in [0.4, 0.5) is 5.95 Å². The lowest BCUT2D eigenvalue weighted by Crippen LogP contribution is -2.07. The van der Waals surface area contributed by atoms with Gasteiger partial charge in [-0.2, -0.15) is 5.10 Å². The second kappa shape index (κ2) is 3.90. The van der Waals surface area contributed by atoms with Crippen LogP contribution in [-0.4, -0.2) is 19.3 Å². The van der Waals surface area contributed by atoms with Crippen LogP contribution in [0.25, 0.3) is 11.2 Å². The van der Waals surface area contributed by atoms with Crippen LogP contribution in [0.2, 0.25) is 0 Å². The van der Waals surface area contributed by atoms with E-state index in [1.807, 2.05) is 28.4 Å². The van der Waals surface area contributed by atoms with Crippen molar-refractivity contribution in [3.8, 4) is 0 Å². The Labute approximate surface area is 104 Å². The number of hydrogen-bond donors (Lipinski definition) is 1. The minimum absolute atomic E-state index is 0.490. The summed E-state index contributed by atoms with van der Waals surface area (Å²) < 4.78 is 9.09. The lowest BCUT2D eigenvalue weighted by molar-refractivity contribution is 0.495. The quantitative estimate of drug-likeness (QED) is 0.759. The van der Waals surface area contributed by atoms with E-state index in [2.05, 4.69) is 17.0 Å². The smallest absolute Gasteiger partial charge is 0.202 e. The zero-order valence-electron chi connectivity index (χ0n) is 10.4. The van der Waals surface area contributed by atoms with Gasteiger partial charge in [-0.1, -0.05) is 6.92 Å². The largest absolute Gasteiger partial charge is 0.467 e. The van der Waals surface area contributed by atoms with Crippen LogP contribution >= 0.6 is 0 Å². The van der Waals surface area contributed by atoms with Crippen LogP contribution < -0.4 is 5.73 Å². The molecule has 0 aliphatic carbocycles. The topological polar surface area (TPSA) is 74.8 Å². The summed E-state index contributed by atoms with van der Waals surface area (Å²) in [5.41, 5.74) is 8.76. The van der Waals surface area contributed by atoms with Crippen molar-refractivity contribution in [2.24, 2.45) is 7.05 Å². The lowest BCUT2D eigenvalue weighted by atomic mass is 10.3. The molecule has 0 saturated carbocycles. The average Bonchev–Trinajstić information content (AvgIpc) is 3.01. The molecule has 3 aromatic rings. The number of aryl methyl sites for hydroxylation is 2. The molecule has 0 aliphatic rings. The number of rotatable bonds is 3. The molecule has 0 bridgehead atoms. The second-order valence-electron chi connectivity index (χ2n) is 4.23. The molecule has 0 unspecified atom stereocenters. The Morgan fingerprint density at radius 3 is 2.94 bits per heavy atom. The predicted molar refractivity (Wildman–Crippen MR) is 68.1 cm³/mol. The molecule has 0 spiro atoms. The number of nitrogens with zero attached hydrogens (tertiary/aromatic N) is 4. The minimum Gasteiger partial charge on any atom is -0.467 e. The molecular weight excluding hydrogens is 230 g/mol. The normalized spacial score (nSPS) is 11.4. The van der Waals surface area contributed by atoms with E-state index in [1.165, 1.54) is 0 Å². The van der Waals surface area contributed by atoms with E-state index < -0.39 is 0 Å². The summed E-state index contributed by atoms with van der Waals surface area (Å²) in [5.74, 6) is 1.34. The third-order valence-electron chi connectivity index (χ3n) is 3.05. The van der Waals surface area contributed by atoms with Crippen molar-refractivity contribution in [2.45, 2.75) is 19.9 Å². The van der Waals surface area contributed by atoms with Crippen LogP contribution in [0.5, 0.6) is 0 Å². The number of nitrogens with two attached hydrogens (primary N) is 1. The molecule has 6 nitrogen and oxygen atoms in total. The Kier molecular flexibility index (Phi) is 2.36. The third-order valence-corrected chi connectivity index (χ3v) is 3.05. The Balaban J connectivity index is 2.16. The number of aromatic nitrogens is 4. The first-order chi connectivity index (χ1) is 8.70. The first-order valence-corrected chi connectivity index (χ1v) is 5.90. The molecule has 0 atom stereocenters. The highest BCUT2D eigenvalue weighted by Crippen LogP contribution is 2.22. The molecule has 0 aromatic carbocycles. The third kappa shape index (κ3) is 1.49. The maximum absolute atomic E-state index is 5.98. The van der Waals surface area contributed by atoms with Crippen molar-refractivity contribution in [1.82, 2.24) is 19.3 Å². The lowest BCUT2D eigenvalue weighted by Gasteiger charge is -2.04. The summed E-state index contributed by atoms with van der Waals surface area (Å²) in [6.45, 7) is 2.63. The number of fused-ring (bicyclic) bond motifs is 1. The number of imidazole rings is 1. The van der Waals surface area contributed by atoms with Crippen molar-refractivity contribution in [3.05, 3.63) is 29.9 Å². The maximum Gasteiger partial charge on any atom is 0.202 e. The van der Waals surface area contributed by atoms with E-state index in [1.54, 1.807) is 6.26 Å². The van der Waals surface area contributed by atoms with Crippen LogP contribution in [-0.2, 0) is 20.0 Å². The summed E-state index contributed by atoms with van der Waals surface area (Å²) in [5, 5.41) is 4.45. The van der Waals surface area contributed by atoms with Gasteiger partial charge in [0.2, 0.25) is 5.95 Å². The molecule has 0 aliphatic heterocycles. The summed E-state index contributed by atoms with van der Waals surface area (Å²) in [6.07, 6.45) is 2.49. The molecule has 3 rings (SSSR count). The first kappa shape index (κ1) is 10.9. The molecule has 6 heteroatoms. The monoisotopic (exact) mass is 245 g/mol. The molecule has 3 heterocycles. The van der Waals surface area contributed by atoms with E-state index in [4.69, 9.17) is 10.2 Å². The van der Waals surface area contributed by atoms with E-state index in [9.17, 15) is 0 Å². The standard InChI is InChI=1S/C12H15N5O/c1-3-9-10-11(16(2)15-9)17(12(13)14-10)7-8-5-4-6-18-8/h4-6H,3,7H2,1-2H3,(H2,13,14). The van der Waals surface area contributed by atoms with Crippen molar-refractivity contribution in [3.63, 3.8) is 0 Å². The summed E-state index contributed by atoms with van der Waals surface area (Å²) in [4.78, 5) is 4.40. The number of anilines is 1. The molecule has 94 valence electrons. The Bertz CT molecular complexity index is 677. The highest BCUT2D eigenvalue weighted by Gasteiger charge is 2.17. The van der Waals surface area contributed by atoms with Crippen LogP contribution in [0.1, 0.15) is 18.4 Å². The maximum atomic E-state index is 5.98. The van der Waals surface area contributed by atoms with Crippen molar-refractivity contribution >= 4 is 17.1 Å². The van der Waals surface area contributed by atoms with Gasteiger partial charge in [-0.3, -0.25) is 9.25 Å². The molecule has 2 N–H and O–H groups in total. The Morgan fingerprint density at radius 2 is 2.28 bits per heavy atom. The van der Waals surface area contributed by atoms with Gasteiger partial charge in [0, 0.05) is 7.05 Å². The van der Waals surface area contributed by atoms with Gasteiger partial charge < -0.3 is 10.2 Å². The van der Waals surface area contributed by atoms with E-state index in [0.29, 0.717) is 12.5 Å². The van der Waals surface area contributed by atoms with Gasteiger partial charge in [-0.05, 0) is 18.6 Å². The van der Waals surface area contributed by atoms with Crippen LogP contribution in [0, 0.1) is 0 Å². The van der Waals surface area contributed by atoms with Crippen molar-refractivity contribution in [1.29, 1.82) is 0 Å². The predicted octanol–water partition coefficient (Wildman–Crippen LogP) is 1.56. The van der Waals surface area contributed by atoms with Gasteiger partial charge in [0.25, 0.3) is 0 Å². The number of hydrogen-bond acceptors (Lipinski definition) is 4. The summed E-state index contributed by atoms with van der Waals surface area (Å²) in [6, 6.07) is 3.78. The molecule has 18 heavy (non-hydrogen) atoms. The fourth-order valence-corrected chi connectivity index (χ4v) is 2.21. The number of nitrogen functional groups attached to an aromatic ring is 1. The van der Waals surface area contributed by atoms with E-state index in [0.717, 1.165) is 29.0 Å². The van der Waals surface area contributed by atoms with Crippen molar-refractivity contribution < 1.29 is 4.42 Å². The summed E-state index contributed by atoms with van der Waals surface area (Å²) >= 11 is 0. The molecule has 0 fully saturated rings. The Hall–Kier alpha value is -2.24. The zero-order valence-corrected chi connectivity index (χ0v) is 10.4. The average molecular weight is 245 g/mol. The van der Waals surface area contributed by atoms with Crippen LogP contribution in [0.3, 0.4) is 0 Å². The molecule has 0 saturated heterocycles. The van der Waals surface area contributed by atoms with E-state index >= 15 is 0 Å². The van der Waals surface area contributed by atoms with Gasteiger partial charge in [-0.15, -0.1) is 0 Å². The number of furan rings is 1. The van der Waals surface area contributed by atoms with Gasteiger partial charge in [0.05, 0.1) is 18.5 Å². The molecule has 0 amide bonds. The fraction of sp³-hybridized carbons (Fsp3) is 0.333. The first-order valence-electron chi connectivity index (χ1n) is 5.90. The van der Waals surface area contributed by atoms with Gasteiger partial charge in [0.15, 0.2) is 5.65 Å². The van der Waals surface area contributed by atoms with Gasteiger partial charge >= 0.3 is 0 Å². The summed E-state index contributed by atoms with van der Waals surface area (Å²) in [7, 11) is 1.90. The zero-order chi connectivity index (χ0) is 12.7. The second-order valence-corrected chi connectivity index (χ2v) is 4.23.